The first-order chi connectivity index (χ1) is 8.88. The molecule has 2 rings (SSSR count). The van der Waals surface area contributed by atoms with Gasteiger partial charge in [-0.1, -0.05) is 45.0 Å². The number of ketones is 1. The van der Waals surface area contributed by atoms with Gasteiger partial charge in [0, 0.05) is 10.9 Å². The Kier molecular flexibility index (Phi) is 3.85. The number of thiazole rings is 1. The van der Waals surface area contributed by atoms with Crippen LogP contribution in [0.1, 0.15) is 47.4 Å². The van der Waals surface area contributed by atoms with Gasteiger partial charge in [-0.2, -0.15) is 0 Å². The lowest BCUT2D eigenvalue weighted by Crippen LogP contribution is -2.17. The van der Waals surface area contributed by atoms with Crippen LogP contribution in [0.5, 0.6) is 0 Å². The predicted molar refractivity (Wildman–Crippen MR) is 80.0 cm³/mol. The molecule has 0 radical (unpaired) electrons. The summed E-state index contributed by atoms with van der Waals surface area (Å²) in [7, 11) is 0. The number of aryl methyl sites for hydroxylation is 1. The Labute approximate surface area is 118 Å². The van der Waals surface area contributed by atoms with Crippen LogP contribution in [-0.2, 0) is 11.8 Å². The van der Waals surface area contributed by atoms with Gasteiger partial charge in [0.25, 0.3) is 0 Å². The van der Waals surface area contributed by atoms with Gasteiger partial charge < -0.3 is 0 Å². The highest BCUT2D eigenvalue weighted by Gasteiger charge is 2.21. The Morgan fingerprint density at radius 3 is 2.53 bits per heavy atom. The number of benzene rings is 1. The fourth-order valence-electron chi connectivity index (χ4n) is 2.13. The molecule has 0 bridgehead atoms. The van der Waals surface area contributed by atoms with Crippen molar-refractivity contribution in [3.8, 4) is 0 Å². The van der Waals surface area contributed by atoms with Crippen LogP contribution >= 0.6 is 11.3 Å². The summed E-state index contributed by atoms with van der Waals surface area (Å²) < 4.78 is 0. The second kappa shape index (κ2) is 5.25. The van der Waals surface area contributed by atoms with Crippen molar-refractivity contribution in [2.75, 3.05) is 0 Å². The van der Waals surface area contributed by atoms with Crippen molar-refractivity contribution in [2.24, 2.45) is 0 Å². The molecule has 0 N–H and O–H groups in total. The number of hydrogen-bond donors (Lipinski definition) is 0. The molecule has 0 atom stereocenters. The van der Waals surface area contributed by atoms with Crippen LogP contribution in [0.15, 0.2) is 29.6 Å². The molecular formula is C16H19NOS. The first kappa shape index (κ1) is 13.9. The van der Waals surface area contributed by atoms with Gasteiger partial charge >= 0.3 is 0 Å². The smallest absolute Gasteiger partial charge is 0.169 e. The number of Topliss-reactive ketones (excluding diaryl/α,β-unsaturated/α-hetero) is 1. The number of aromatic nitrogens is 1. The maximum atomic E-state index is 12.5. The monoisotopic (exact) mass is 273 g/mol. The summed E-state index contributed by atoms with van der Waals surface area (Å²) >= 11 is 1.59. The lowest BCUT2D eigenvalue weighted by molar-refractivity contribution is 0.0990. The quantitative estimate of drug-likeness (QED) is 0.785. The molecule has 3 heteroatoms. The van der Waals surface area contributed by atoms with E-state index in [-0.39, 0.29) is 11.2 Å². The summed E-state index contributed by atoms with van der Waals surface area (Å²) in [5.74, 6) is 0.149. The molecule has 1 aromatic heterocycles. The largest absolute Gasteiger partial charge is 0.294 e. The van der Waals surface area contributed by atoms with Gasteiger partial charge in [0.2, 0.25) is 0 Å². The first-order valence-electron chi connectivity index (χ1n) is 6.41. The average molecular weight is 273 g/mol. The number of rotatable bonds is 3. The Hall–Kier alpha value is -1.48. The molecule has 1 aromatic carbocycles. The summed E-state index contributed by atoms with van der Waals surface area (Å²) in [5, 5.41) is 2.97. The molecule has 0 saturated heterocycles. The standard InChI is InChI=1S/C16H19NOS/c1-11-17-12(10-19-11)9-15(18)13-7-5-6-8-14(13)16(2,3)4/h5-8,10H,9H2,1-4H3. The molecular weight excluding hydrogens is 254 g/mol. The Morgan fingerprint density at radius 2 is 1.95 bits per heavy atom. The van der Waals surface area contributed by atoms with Crippen molar-refractivity contribution >= 4 is 17.1 Å². The summed E-state index contributed by atoms with van der Waals surface area (Å²) in [4.78, 5) is 16.8. The lowest BCUT2D eigenvalue weighted by Gasteiger charge is -2.22. The van der Waals surface area contributed by atoms with Gasteiger partial charge in [-0.25, -0.2) is 4.98 Å². The molecule has 0 aliphatic rings. The molecule has 0 fully saturated rings. The maximum absolute atomic E-state index is 12.5. The van der Waals surface area contributed by atoms with Crippen LogP contribution in [-0.4, -0.2) is 10.8 Å². The van der Waals surface area contributed by atoms with Crippen LogP contribution in [0.2, 0.25) is 0 Å². The Balaban J connectivity index is 2.29. The second-order valence-electron chi connectivity index (χ2n) is 5.75. The second-order valence-corrected chi connectivity index (χ2v) is 6.82. The lowest BCUT2D eigenvalue weighted by atomic mass is 9.82. The third-order valence-electron chi connectivity index (χ3n) is 3.04. The van der Waals surface area contributed by atoms with Crippen LogP contribution in [0, 0.1) is 6.92 Å². The number of nitrogens with zero attached hydrogens (tertiary/aromatic N) is 1. The zero-order chi connectivity index (χ0) is 14.0. The normalized spacial score (nSPS) is 11.6. The van der Waals surface area contributed by atoms with E-state index in [2.05, 4.69) is 25.8 Å². The highest BCUT2D eigenvalue weighted by molar-refractivity contribution is 7.09. The summed E-state index contributed by atoms with van der Waals surface area (Å²) in [5.41, 5.74) is 2.77. The molecule has 19 heavy (non-hydrogen) atoms. The summed E-state index contributed by atoms with van der Waals surface area (Å²) in [6.07, 6.45) is 0.386. The molecule has 0 aliphatic heterocycles. The van der Waals surface area contributed by atoms with Crippen molar-refractivity contribution in [3.05, 3.63) is 51.5 Å². The Bertz CT molecular complexity index is 593. The molecule has 2 aromatic rings. The van der Waals surface area contributed by atoms with E-state index >= 15 is 0 Å². The first-order valence-corrected chi connectivity index (χ1v) is 7.29. The minimum absolute atomic E-state index is 0.0236. The van der Waals surface area contributed by atoms with Gasteiger partial charge in [-0.15, -0.1) is 11.3 Å². The maximum Gasteiger partial charge on any atom is 0.169 e. The fraction of sp³-hybridized carbons (Fsp3) is 0.375. The van der Waals surface area contributed by atoms with E-state index in [4.69, 9.17) is 0 Å². The zero-order valence-corrected chi connectivity index (χ0v) is 12.7. The van der Waals surface area contributed by atoms with Crippen LogP contribution < -0.4 is 0 Å². The third-order valence-corrected chi connectivity index (χ3v) is 3.87. The van der Waals surface area contributed by atoms with Crippen LogP contribution in [0.25, 0.3) is 0 Å². The number of carbonyl (C=O) groups is 1. The molecule has 1 heterocycles. The average Bonchev–Trinajstić information content (AvgIpc) is 2.73. The van der Waals surface area contributed by atoms with Gasteiger partial charge in [0.1, 0.15) is 0 Å². The molecule has 0 amide bonds. The van der Waals surface area contributed by atoms with Gasteiger partial charge in [-0.05, 0) is 17.9 Å². The molecule has 0 unspecified atom stereocenters. The van der Waals surface area contributed by atoms with E-state index in [1.165, 1.54) is 0 Å². The van der Waals surface area contributed by atoms with E-state index in [0.717, 1.165) is 21.8 Å². The minimum Gasteiger partial charge on any atom is -0.294 e. The molecule has 2 nitrogen and oxygen atoms in total. The topological polar surface area (TPSA) is 30.0 Å². The third kappa shape index (κ3) is 3.29. The van der Waals surface area contributed by atoms with Crippen molar-refractivity contribution < 1.29 is 4.79 Å². The number of carbonyl (C=O) groups excluding carboxylic acids is 1. The van der Waals surface area contributed by atoms with E-state index in [1.54, 1.807) is 11.3 Å². The molecule has 0 saturated carbocycles. The Morgan fingerprint density at radius 1 is 1.26 bits per heavy atom. The fourth-order valence-corrected chi connectivity index (χ4v) is 2.74. The minimum atomic E-state index is -0.0236. The van der Waals surface area contributed by atoms with Crippen molar-refractivity contribution in [1.29, 1.82) is 0 Å². The van der Waals surface area contributed by atoms with Crippen LogP contribution in [0.3, 0.4) is 0 Å². The highest BCUT2D eigenvalue weighted by atomic mass is 32.1. The van der Waals surface area contributed by atoms with Crippen molar-refractivity contribution in [2.45, 2.75) is 39.5 Å². The zero-order valence-electron chi connectivity index (χ0n) is 11.9. The number of hydrogen-bond acceptors (Lipinski definition) is 3. The van der Waals surface area contributed by atoms with Gasteiger partial charge in [0.05, 0.1) is 17.1 Å². The van der Waals surface area contributed by atoms with E-state index in [1.807, 2.05) is 36.6 Å². The summed E-state index contributed by atoms with van der Waals surface area (Å²) in [6, 6.07) is 7.88. The van der Waals surface area contributed by atoms with Crippen molar-refractivity contribution in [3.63, 3.8) is 0 Å². The molecule has 0 spiro atoms. The van der Waals surface area contributed by atoms with Crippen molar-refractivity contribution in [1.82, 2.24) is 4.98 Å². The molecule has 100 valence electrons. The van der Waals surface area contributed by atoms with Gasteiger partial charge in [0.15, 0.2) is 5.78 Å². The molecule has 0 aliphatic carbocycles. The summed E-state index contributed by atoms with van der Waals surface area (Å²) in [6.45, 7) is 8.35. The van der Waals surface area contributed by atoms with E-state index in [9.17, 15) is 4.79 Å². The SMILES string of the molecule is Cc1nc(CC(=O)c2ccccc2C(C)(C)C)cs1. The van der Waals surface area contributed by atoms with E-state index < -0.39 is 0 Å². The van der Waals surface area contributed by atoms with E-state index in [0.29, 0.717) is 6.42 Å². The van der Waals surface area contributed by atoms with Crippen LogP contribution in [0.4, 0.5) is 0 Å². The highest BCUT2D eigenvalue weighted by Crippen LogP contribution is 2.26. The van der Waals surface area contributed by atoms with Gasteiger partial charge in [-0.3, -0.25) is 4.79 Å². The predicted octanol–water partition coefficient (Wildman–Crippen LogP) is 4.17.